The second kappa shape index (κ2) is 9.45. The summed E-state index contributed by atoms with van der Waals surface area (Å²) >= 11 is 0. The van der Waals surface area contributed by atoms with Gasteiger partial charge in [-0.2, -0.15) is 0 Å². The Labute approximate surface area is 90.4 Å². The van der Waals surface area contributed by atoms with Crippen molar-refractivity contribution in [2.45, 2.75) is 20.3 Å². The molecule has 0 saturated heterocycles. The van der Waals surface area contributed by atoms with Crippen LogP contribution in [0.5, 0.6) is 5.75 Å². The predicted molar refractivity (Wildman–Crippen MR) is 57.4 cm³/mol. The quantitative estimate of drug-likeness (QED) is 0.761. The number of aliphatic hydroxyl groups excluding tert-OH is 1. The molecule has 0 heterocycles. The molecule has 0 radical (unpaired) electrons. The highest BCUT2D eigenvalue weighted by atomic mass is 16.8. The first-order valence-electron chi connectivity index (χ1n) is 4.83. The van der Waals surface area contributed by atoms with Gasteiger partial charge in [-0.05, 0) is 12.1 Å². The van der Waals surface area contributed by atoms with Gasteiger partial charge in [0.1, 0.15) is 5.75 Å². The number of para-hydroxylation sites is 1. The molecule has 86 valence electrons. The van der Waals surface area contributed by atoms with E-state index in [4.69, 9.17) is 14.6 Å². The van der Waals surface area contributed by atoms with Crippen molar-refractivity contribution in [3.8, 4) is 5.75 Å². The number of benzene rings is 1. The normalized spacial score (nSPS) is 11.2. The van der Waals surface area contributed by atoms with Crippen molar-refractivity contribution in [1.82, 2.24) is 0 Å². The van der Waals surface area contributed by atoms with Gasteiger partial charge in [0.2, 0.25) is 0 Å². The average Bonchev–Trinajstić information content (AvgIpc) is 2.30. The summed E-state index contributed by atoms with van der Waals surface area (Å²) in [5, 5.41) is 9.11. The molecule has 0 saturated carbocycles. The lowest BCUT2D eigenvalue weighted by molar-refractivity contribution is -0.250. The molecule has 0 aromatic heterocycles. The van der Waals surface area contributed by atoms with E-state index in [1.165, 1.54) is 7.11 Å². The Morgan fingerprint density at radius 3 is 2.33 bits per heavy atom. The van der Waals surface area contributed by atoms with Gasteiger partial charge in [-0.1, -0.05) is 32.0 Å². The number of methoxy groups -OCH3 is 1. The average molecular weight is 214 g/mol. The van der Waals surface area contributed by atoms with E-state index in [0.717, 1.165) is 0 Å². The van der Waals surface area contributed by atoms with Crippen molar-refractivity contribution in [1.29, 1.82) is 0 Å². The molecular weight excluding hydrogens is 196 g/mol. The first-order chi connectivity index (χ1) is 7.33. The van der Waals surface area contributed by atoms with Crippen LogP contribution < -0.4 is 4.74 Å². The van der Waals surface area contributed by atoms with Crippen molar-refractivity contribution in [3.05, 3.63) is 30.3 Å². The minimum absolute atomic E-state index is 0.00595. The van der Waals surface area contributed by atoms with E-state index in [9.17, 15) is 0 Å². The second-order valence-corrected chi connectivity index (χ2v) is 2.31. The number of rotatable bonds is 5. The summed E-state index contributed by atoms with van der Waals surface area (Å²) in [5.41, 5.74) is 0. The minimum Gasteiger partial charge on any atom is -0.441 e. The van der Waals surface area contributed by atoms with Gasteiger partial charge in [-0.15, -0.1) is 0 Å². The van der Waals surface area contributed by atoms with Crippen LogP contribution in [-0.2, 0) is 9.47 Å². The fourth-order valence-electron chi connectivity index (χ4n) is 0.776. The molecule has 0 spiro atoms. The van der Waals surface area contributed by atoms with Crippen LogP contribution in [0.4, 0.5) is 0 Å². The SMILES string of the molecule is CC.COCOC(O)Oc1ccccc1. The van der Waals surface area contributed by atoms with E-state index in [-0.39, 0.29) is 6.79 Å². The molecule has 1 aromatic rings. The summed E-state index contributed by atoms with van der Waals surface area (Å²) in [5.74, 6) is 0.547. The van der Waals surface area contributed by atoms with Gasteiger partial charge in [0, 0.05) is 7.11 Å². The molecule has 1 N–H and O–H groups in total. The van der Waals surface area contributed by atoms with Crippen LogP contribution in [0.2, 0.25) is 0 Å². The minimum atomic E-state index is -1.29. The lowest BCUT2D eigenvalue weighted by Gasteiger charge is -2.12. The monoisotopic (exact) mass is 214 g/mol. The van der Waals surface area contributed by atoms with E-state index >= 15 is 0 Å². The Morgan fingerprint density at radius 1 is 1.20 bits per heavy atom. The van der Waals surface area contributed by atoms with Crippen LogP contribution in [0.1, 0.15) is 13.8 Å². The smallest absolute Gasteiger partial charge is 0.315 e. The van der Waals surface area contributed by atoms with Gasteiger partial charge in [0.15, 0.2) is 6.79 Å². The van der Waals surface area contributed by atoms with Gasteiger partial charge in [0.25, 0.3) is 0 Å². The summed E-state index contributed by atoms with van der Waals surface area (Å²) in [4.78, 5) is 0. The highest BCUT2D eigenvalue weighted by Gasteiger charge is 2.03. The Morgan fingerprint density at radius 2 is 1.80 bits per heavy atom. The van der Waals surface area contributed by atoms with Gasteiger partial charge in [-0.3, -0.25) is 4.74 Å². The van der Waals surface area contributed by atoms with E-state index in [1.54, 1.807) is 24.3 Å². The predicted octanol–water partition coefficient (Wildman–Crippen LogP) is 1.99. The topological polar surface area (TPSA) is 47.9 Å². The summed E-state index contributed by atoms with van der Waals surface area (Å²) in [6.45, 7) is 2.70. The van der Waals surface area contributed by atoms with Crippen LogP contribution in [0.3, 0.4) is 0 Å². The molecule has 4 nitrogen and oxygen atoms in total. The van der Waals surface area contributed by atoms with E-state index in [1.807, 2.05) is 19.9 Å². The zero-order valence-corrected chi connectivity index (χ0v) is 9.34. The molecule has 1 unspecified atom stereocenters. The summed E-state index contributed by atoms with van der Waals surface area (Å²) in [7, 11) is 1.47. The third-order valence-corrected chi connectivity index (χ3v) is 1.31. The van der Waals surface area contributed by atoms with E-state index < -0.39 is 6.48 Å². The van der Waals surface area contributed by atoms with E-state index in [2.05, 4.69) is 4.74 Å². The van der Waals surface area contributed by atoms with Crippen LogP contribution in [0, 0.1) is 0 Å². The third kappa shape index (κ3) is 6.90. The van der Waals surface area contributed by atoms with Gasteiger partial charge >= 0.3 is 6.48 Å². The molecule has 0 aliphatic rings. The third-order valence-electron chi connectivity index (χ3n) is 1.31. The molecule has 1 aromatic carbocycles. The van der Waals surface area contributed by atoms with Crippen molar-refractivity contribution >= 4 is 0 Å². The standard InChI is InChI=1S/C9H12O4.C2H6/c1-11-7-12-9(10)13-8-5-3-2-4-6-8;1-2/h2-6,9-10H,7H2,1H3;1-2H3. The van der Waals surface area contributed by atoms with Crippen LogP contribution in [0.25, 0.3) is 0 Å². The van der Waals surface area contributed by atoms with Crippen molar-refractivity contribution in [2.75, 3.05) is 13.9 Å². The van der Waals surface area contributed by atoms with Crippen molar-refractivity contribution in [2.24, 2.45) is 0 Å². The lowest BCUT2D eigenvalue weighted by Crippen LogP contribution is -2.20. The Hall–Kier alpha value is -1.10. The highest BCUT2D eigenvalue weighted by molar-refractivity contribution is 5.20. The highest BCUT2D eigenvalue weighted by Crippen LogP contribution is 2.10. The maximum Gasteiger partial charge on any atom is 0.315 e. The number of hydrogen-bond donors (Lipinski definition) is 1. The summed E-state index contributed by atoms with van der Waals surface area (Å²) in [6.07, 6.45) is 0. The molecule has 15 heavy (non-hydrogen) atoms. The van der Waals surface area contributed by atoms with Crippen LogP contribution in [-0.4, -0.2) is 25.5 Å². The van der Waals surface area contributed by atoms with Crippen molar-refractivity contribution in [3.63, 3.8) is 0 Å². The summed E-state index contributed by atoms with van der Waals surface area (Å²) in [6, 6.07) is 8.91. The molecule has 0 amide bonds. The molecule has 1 atom stereocenters. The number of aliphatic hydroxyl groups is 1. The van der Waals surface area contributed by atoms with Crippen LogP contribution in [0.15, 0.2) is 30.3 Å². The fourth-order valence-corrected chi connectivity index (χ4v) is 0.776. The molecule has 0 fully saturated rings. The van der Waals surface area contributed by atoms with Crippen molar-refractivity contribution < 1.29 is 19.3 Å². The molecule has 1 rings (SSSR count). The molecule has 0 aliphatic carbocycles. The van der Waals surface area contributed by atoms with Crippen LogP contribution >= 0.6 is 0 Å². The fraction of sp³-hybridized carbons (Fsp3) is 0.455. The maximum atomic E-state index is 9.11. The molecule has 0 aliphatic heterocycles. The summed E-state index contributed by atoms with van der Waals surface area (Å²) < 4.78 is 14.3. The Bertz CT molecular complexity index is 225. The van der Waals surface area contributed by atoms with Gasteiger partial charge in [-0.25, -0.2) is 0 Å². The first-order valence-corrected chi connectivity index (χ1v) is 4.83. The van der Waals surface area contributed by atoms with Gasteiger partial charge in [0.05, 0.1) is 0 Å². The molecular formula is C11H18O4. The zero-order chi connectivity index (χ0) is 11.5. The van der Waals surface area contributed by atoms with E-state index in [0.29, 0.717) is 5.75 Å². The first kappa shape index (κ1) is 13.9. The lowest BCUT2D eigenvalue weighted by atomic mass is 10.3. The number of hydrogen-bond acceptors (Lipinski definition) is 4. The molecule has 4 heteroatoms. The maximum absolute atomic E-state index is 9.11. The zero-order valence-electron chi connectivity index (χ0n) is 9.34. The molecule has 0 bridgehead atoms. The Balaban J connectivity index is 0.000000921. The second-order valence-electron chi connectivity index (χ2n) is 2.31. The Kier molecular flexibility index (Phi) is 8.76. The van der Waals surface area contributed by atoms with Gasteiger partial charge < -0.3 is 14.6 Å². The largest absolute Gasteiger partial charge is 0.441 e. The number of ether oxygens (including phenoxy) is 3.